The molecule has 2 unspecified atom stereocenters. The topological polar surface area (TPSA) is 74.7 Å². The van der Waals surface area contributed by atoms with Gasteiger partial charge in [0.1, 0.15) is 0 Å². The van der Waals surface area contributed by atoms with Crippen molar-refractivity contribution in [2.24, 2.45) is 11.8 Å². The van der Waals surface area contributed by atoms with E-state index in [0.29, 0.717) is 13.0 Å². The van der Waals surface area contributed by atoms with Crippen molar-refractivity contribution in [1.29, 1.82) is 0 Å². The second kappa shape index (κ2) is 6.15. The van der Waals surface area contributed by atoms with Gasteiger partial charge in [0.15, 0.2) is 0 Å². The molecular formula is C15H21NO4S. The predicted octanol–water partition coefficient (Wildman–Crippen LogP) is 1.98. The second-order valence-electron chi connectivity index (χ2n) is 5.70. The van der Waals surface area contributed by atoms with Gasteiger partial charge in [-0.1, -0.05) is 26.0 Å². The number of aryl methyl sites for hydroxylation is 1. The molecule has 0 radical (unpaired) electrons. The SMILES string of the molecule is CCc1ccc(S(=O)(=O)N2CC(C)CC(C(=O)O)C2)cc1. The fourth-order valence-electron chi connectivity index (χ4n) is 2.72. The van der Waals surface area contributed by atoms with Crippen LogP contribution < -0.4 is 0 Å². The number of hydrogen-bond acceptors (Lipinski definition) is 3. The number of sulfonamides is 1. The summed E-state index contributed by atoms with van der Waals surface area (Å²) in [6.07, 6.45) is 1.37. The predicted molar refractivity (Wildman–Crippen MR) is 79.5 cm³/mol. The second-order valence-corrected chi connectivity index (χ2v) is 7.63. The lowest BCUT2D eigenvalue weighted by Gasteiger charge is -2.33. The van der Waals surface area contributed by atoms with Crippen molar-refractivity contribution in [2.75, 3.05) is 13.1 Å². The van der Waals surface area contributed by atoms with Gasteiger partial charge in [-0.25, -0.2) is 8.42 Å². The summed E-state index contributed by atoms with van der Waals surface area (Å²) in [5.74, 6) is -1.51. The third-order valence-corrected chi connectivity index (χ3v) is 5.79. The zero-order valence-corrected chi connectivity index (χ0v) is 13.1. The van der Waals surface area contributed by atoms with Crippen LogP contribution in [0.25, 0.3) is 0 Å². The fraction of sp³-hybridized carbons (Fsp3) is 0.533. The molecule has 0 aliphatic carbocycles. The Hall–Kier alpha value is -1.40. The lowest BCUT2D eigenvalue weighted by atomic mass is 9.92. The number of hydrogen-bond donors (Lipinski definition) is 1. The van der Waals surface area contributed by atoms with Crippen molar-refractivity contribution in [3.63, 3.8) is 0 Å². The number of piperidine rings is 1. The van der Waals surface area contributed by atoms with Crippen LogP contribution in [0.2, 0.25) is 0 Å². The van der Waals surface area contributed by atoms with Crippen LogP contribution in [0.1, 0.15) is 25.8 Å². The third-order valence-electron chi connectivity index (χ3n) is 3.94. The molecule has 21 heavy (non-hydrogen) atoms. The Kier molecular flexibility index (Phi) is 4.68. The van der Waals surface area contributed by atoms with Crippen LogP contribution in [0.4, 0.5) is 0 Å². The Morgan fingerprint density at radius 3 is 2.43 bits per heavy atom. The van der Waals surface area contributed by atoms with Crippen LogP contribution >= 0.6 is 0 Å². The van der Waals surface area contributed by atoms with Crippen LogP contribution in [0.5, 0.6) is 0 Å². The summed E-state index contributed by atoms with van der Waals surface area (Å²) in [7, 11) is -3.62. The highest BCUT2D eigenvalue weighted by Crippen LogP contribution is 2.27. The van der Waals surface area contributed by atoms with Crippen LogP contribution in [0, 0.1) is 11.8 Å². The standard InChI is InChI=1S/C15H21NO4S/c1-3-12-4-6-14(7-5-12)21(19,20)16-9-11(2)8-13(10-16)15(17)18/h4-7,11,13H,3,8-10H2,1-2H3,(H,17,18). The summed E-state index contributed by atoms with van der Waals surface area (Å²) < 4.78 is 26.6. The number of aliphatic carboxylic acids is 1. The smallest absolute Gasteiger partial charge is 0.307 e. The Morgan fingerprint density at radius 1 is 1.29 bits per heavy atom. The highest BCUT2D eigenvalue weighted by atomic mass is 32.2. The molecule has 0 amide bonds. The third kappa shape index (κ3) is 3.44. The van der Waals surface area contributed by atoms with Crippen molar-refractivity contribution >= 4 is 16.0 Å². The summed E-state index contributed by atoms with van der Waals surface area (Å²) in [5.41, 5.74) is 1.07. The lowest BCUT2D eigenvalue weighted by Crippen LogP contribution is -2.45. The molecule has 5 nitrogen and oxygen atoms in total. The van der Waals surface area contributed by atoms with Gasteiger partial charge >= 0.3 is 5.97 Å². The largest absolute Gasteiger partial charge is 0.481 e. The molecule has 0 spiro atoms. The van der Waals surface area contributed by atoms with E-state index >= 15 is 0 Å². The number of carboxylic acid groups (broad SMARTS) is 1. The van der Waals surface area contributed by atoms with Crippen molar-refractivity contribution in [3.05, 3.63) is 29.8 Å². The van der Waals surface area contributed by atoms with Crippen LogP contribution in [-0.4, -0.2) is 36.9 Å². The van der Waals surface area contributed by atoms with Crippen LogP contribution in [0.15, 0.2) is 29.2 Å². The number of carboxylic acids is 1. The molecule has 1 aliphatic rings. The van der Waals surface area contributed by atoms with E-state index in [2.05, 4.69) is 0 Å². The van der Waals surface area contributed by atoms with E-state index in [9.17, 15) is 13.2 Å². The molecule has 1 heterocycles. The van der Waals surface area contributed by atoms with Gasteiger partial charge in [-0.2, -0.15) is 4.31 Å². The maximum Gasteiger partial charge on any atom is 0.307 e. The number of benzene rings is 1. The summed E-state index contributed by atoms with van der Waals surface area (Å²) in [6.45, 7) is 4.32. The summed E-state index contributed by atoms with van der Waals surface area (Å²) in [5, 5.41) is 9.16. The van der Waals surface area contributed by atoms with Gasteiger partial charge in [0.25, 0.3) is 0 Å². The zero-order valence-electron chi connectivity index (χ0n) is 12.3. The molecule has 1 fully saturated rings. The van der Waals surface area contributed by atoms with E-state index in [0.717, 1.165) is 12.0 Å². The van der Waals surface area contributed by atoms with E-state index < -0.39 is 21.9 Å². The van der Waals surface area contributed by atoms with Crippen LogP contribution in [0.3, 0.4) is 0 Å². The van der Waals surface area contributed by atoms with Crippen molar-refractivity contribution in [2.45, 2.75) is 31.6 Å². The van der Waals surface area contributed by atoms with Gasteiger partial charge in [-0.3, -0.25) is 4.79 Å². The Balaban J connectivity index is 2.26. The van der Waals surface area contributed by atoms with E-state index in [1.165, 1.54) is 4.31 Å². The lowest BCUT2D eigenvalue weighted by molar-refractivity contribution is -0.143. The quantitative estimate of drug-likeness (QED) is 0.922. The molecular weight excluding hydrogens is 290 g/mol. The van der Waals surface area contributed by atoms with Gasteiger partial charge < -0.3 is 5.11 Å². The van der Waals surface area contributed by atoms with Gasteiger partial charge in [-0.15, -0.1) is 0 Å². The number of rotatable bonds is 4. The monoisotopic (exact) mass is 311 g/mol. The van der Waals surface area contributed by atoms with Crippen molar-refractivity contribution in [3.8, 4) is 0 Å². The van der Waals surface area contributed by atoms with Crippen molar-refractivity contribution < 1.29 is 18.3 Å². The average molecular weight is 311 g/mol. The summed E-state index contributed by atoms with van der Waals surface area (Å²) >= 11 is 0. The van der Waals surface area contributed by atoms with Gasteiger partial charge in [-0.05, 0) is 36.5 Å². The molecule has 2 rings (SSSR count). The van der Waals surface area contributed by atoms with Crippen molar-refractivity contribution in [1.82, 2.24) is 4.31 Å². The highest BCUT2D eigenvalue weighted by Gasteiger charge is 2.36. The van der Waals surface area contributed by atoms with Gasteiger partial charge in [0.2, 0.25) is 10.0 Å². The molecule has 1 saturated heterocycles. The van der Waals surface area contributed by atoms with E-state index in [-0.39, 0.29) is 17.4 Å². The molecule has 0 aromatic heterocycles. The summed E-state index contributed by atoms with van der Waals surface area (Å²) in [4.78, 5) is 11.4. The Labute approximate surface area is 125 Å². The first-order valence-electron chi connectivity index (χ1n) is 7.16. The Morgan fingerprint density at radius 2 is 1.90 bits per heavy atom. The molecule has 0 bridgehead atoms. The number of nitrogens with zero attached hydrogens (tertiary/aromatic N) is 1. The minimum atomic E-state index is -3.62. The average Bonchev–Trinajstić information content (AvgIpc) is 2.46. The number of carbonyl (C=O) groups is 1. The first kappa shape index (κ1) is 16.0. The first-order valence-corrected chi connectivity index (χ1v) is 8.60. The minimum Gasteiger partial charge on any atom is -0.481 e. The molecule has 1 N–H and O–H groups in total. The van der Waals surface area contributed by atoms with E-state index in [1.807, 2.05) is 13.8 Å². The highest BCUT2D eigenvalue weighted by molar-refractivity contribution is 7.89. The van der Waals surface area contributed by atoms with E-state index in [4.69, 9.17) is 5.11 Å². The molecule has 116 valence electrons. The fourth-order valence-corrected chi connectivity index (χ4v) is 4.33. The zero-order chi connectivity index (χ0) is 15.6. The molecule has 0 saturated carbocycles. The molecule has 6 heteroatoms. The molecule has 2 atom stereocenters. The van der Waals surface area contributed by atoms with Gasteiger partial charge in [0.05, 0.1) is 10.8 Å². The first-order chi connectivity index (χ1) is 9.84. The molecule has 1 aliphatic heterocycles. The maximum atomic E-state index is 12.6. The van der Waals surface area contributed by atoms with Crippen LogP contribution in [-0.2, 0) is 21.2 Å². The molecule has 1 aromatic rings. The van der Waals surface area contributed by atoms with Gasteiger partial charge in [0, 0.05) is 13.1 Å². The summed E-state index contributed by atoms with van der Waals surface area (Å²) in [6, 6.07) is 6.80. The Bertz CT molecular complexity index is 609. The maximum absolute atomic E-state index is 12.6. The van der Waals surface area contributed by atoms with E-state index in [1.54, 1.807) is 24.3 Å². The molecule has 1 aromatic carbocycles. The minimum absolute atomic E-state index is 0.0459. The normalized spacial score (nSPS) is 23.9.